The summed E-state index contributed by atoms with van der Waals surface area (Å²) in [6.45, 7) is 0.568. The number of halogens is 2. The first-order valence-corrected chi connectivity index (χ1v) is 7.95. The van der Waals surface area contributed by atoms with Crippen LogP contribution in [0.15, 0.2) is 29.1 Å². The van der Waals surface area contributed by atoms with Crippen molar-refractivity contribution >= 4 is 32.8 Å². The first-order chi connectivity index (χ1) is 11.1. The molecule has 0 saturated carbocycles. The Labute approximate surface area is 139 Å². The lowest BCUT2D eigenvalue weighted by atomic mass is 10.0. The number of aromatic nitrogens is 4. The minimum Gasteiger partial charge on any atom is -0.493 e. The van der Waals surface area contributed by atoms with Gasteiger partial charge in [0, 0.05) is 19.0 Å². The van der Waals surface area contributed by atoms with Gasteiger partial charge in [-0.15, -0.1) is 0 Å². The summed E-state index contributed by atoms with van der Waals surface area (Å²) < 4.78 is 21.5. The van der Waals surface area contributed by atoms with Gasteiger partial charge in [0.2, 0.25) is 0 Å². The third-order valence-corrected chi connectivity index (χ3v) is 4.46. The highest BCUT2D eigenvalue weighted by Gasteiger charge is 2.24. The molecule has 3 aromatic rings. The second-order valence-corrected chi connectivity index (χ2v) is 6.10. The highest BCUT2D eigenvalue weighted by molar-refractivity contribution is 9.10. The maximum atomic E-state index is 13.6. The highest BCUT2D eigenvalue weighted by atomic mass is 79.9. The zero-order valence-electron chi connectivity index (χ0n) is 12.3. The molecule has 1 N–H and O–H groups in total. The number of hydrogen-bond donors (Lipinski definition) is 1. The van der Waals surface area contributed by atoms with Gasteiger partial charge in [0.25, 0.3) is 0 Å². The molecular weight excluding hydrogens is 365 g/mol. The Morgan fingerprint density at radius 2 is 2.26 bits per heavy atom. The predicted molar refractivity (Wildman–Crippen MR) is 86.9 cm³/mol. The predicted octanol–water partition coefficient (Wildman–Crippen LogP) is 3.20. The van der Waals surface area contributed by atoms with E-state index in [2.05, 4.69) is 36.3 Å². The van der Waals surface area contributed by atoms with Gasteiger partial charge in [-0.1, -0.05) is 0 Å². The summed E-state index contributed by atoms with van der Waals surface area (Å²) in [4.78, 5) is 8.58. The maximum absolute atomic E-state index is 13.6. The summed E-state index contributed by atoms with van der Waals surface area (Å²) in [5.74, 6) is 1.08. The largest absolute Gasteiger partial charge is 0.493 e. The molecule has 1 aromatic carbocycles. The Morgan fingerprint density at radius 1 is 1.39 bits per heavy atom. The van der Waals surface area contributed by atoms with Gasteiger partial charge in [-0.25, -0.2) is 19.0 Å². The molecule has 6 nitrogen and oxygen atoms in total. The van der Waals surface area contributed by atoms with Crippen LogP contribution in [0, 0.1) is 5.82 Å². The number of nitrogens with one attached hydrogen (secondary N) is 1. The Morgan fingerprint density at radius 3 is 3.13 bits per heavy atom. The molecule has 0 saturated heterocycles. The summed E-state index contributed by atoms with van der Waals surface area (Å²) in [5.41, 5.74) is 1.52. The van der Waals surface area contributed by atoms with Crippen molar-refractivity contribution in [1.29, 1.82) is 0 Å². The van der Waals surface area contributed by atoms with Crippen molar-refractivity contribution < 1.29 is 9.13 Å². The van der Waals surface area contributed by atoms with Crippen molar-refractivity contribution in [2.45, 2.75) is 12.5 Å². The van der Waals surface area contributed by atoms with Gasteiger partial charge in [0.05, 0.1) is 18.0 Å². The molecular formula is C15H13BrFN5O. The van der Waals surface area contributed by atoms with Gasteiger partial charge in [-0.2, -0.15) is 5.10 Å². The Kier molecular flexibility index (Phi) is 3.41. The van der Waals surface area contributed by atoms with E-state index in [1.165, 1.54) is 18.5 Å². The molecule has 23 heavy (non-hydrogen) atoms. The Balaban J connectivity index is 1.77. The van der Waals surface area contributed by atoms with Crippen LogP contribution in [-0.2, 0) is 7.05 Å². The standard InChI is InChI=1S/C15H13BrFN5O/c1-22-15-12(13(16)21-22)14(18-7-19-15)20-10-4-5-23-11-3-2-8(17)6-9(10)11/h2-3,6-7,10H,4-5H2,1H3,(H,18,19,20). The fraction of sp³-hybridized carbons (Fsp3) is 0.267. The van der Waals surface area contributed by atoms with Gasteiger partial charge < -0.3 is 10.1 Å². The SMILES string of the molecule is Cn1nc(Br)c2c(NC3CCOc4ccc(F)cc43)ncnc21. The van der Waals surface area contributed by atoms with Crippen LogP contribution < -0.4 is 10.1 Å². The van der Waals surface area contributed by atoms with E-state index in [1.807, 2.05) is 7.05 Å². The van der Waals surface area contributed by atoms with Gasteiger partial charge >= 0.3 is 0 Å². The molecule has 2 aromatic heterocycles. The van der Waals surface area contributed by atoms with Gasteiger partial charge in [0.15, 0.2) is 5.65 Å². The lowest BCUT2D eigenvalue weighted by molar-refractivity contribution is 0.273. The van der Waals surface area contributed by atoms with Crippen molar-refractivity contribution in [3.05, 3.63) is 40.5 Å². The lowest BCUT2D eigenvalue weighted by Crippen LogP contribution is -2.21. The summed E-state index contributed by atoms with van der Waals surface area (Å²) in [6, 6.07) is 4.48. The normalized spacial score (nSPS) is 16.9. The van der Waals surface area contributed by atoms with Crippen LogP contribution in [0.25, 0.3) is 11.0 Å². The van der Waals surface area contributed by atoms with E-state index >= 15 is 0 Å². The van der Waals surface area contributed by atoms with Crippen LogP contribution in [0.5, 0.6) is 5.75 Å². The van der Waals surface area contributed by atoms with E-state index in [0.29, 0.717) is 22.8 Å². The van der Waals surface area contributed by atoms with Crippen LogP contribution in [0.2, 0.25) is 0 Å². The molecule has 0 radical (unpaired) electrons. The molecule has 3 heterocycles. The minimum atomic E-state index is -0.281. The van der Waals surface area contributed by atoms with Gasteiger partial charge in [-0.05, 0) is 34.1 Å². The summed E-state index contributed by atoms with van der Waals surface area (Å²) in [5, 5.41) is 8.49. The first-order valence-electron chi connectivity index (χ1n) is 7.15. The van der Waals surface area contributed by atoms with Crippen molar-refractivity contribution in [2.75, 3.05) is 11.9 Å². The molecule has 0 bridgehead atoms. The molecule has 4 rings (SSSR count). The zero-order valence-corrected chi connectivity index (χ0v) is 13.8. The zero-order chi connectivity index (χ0) is 16.0. The highest BCUT2D eigenvalue weighted by Crippen LogP contribution is 2.36. The van der Waals surface area contributed by atoms with Crippen molar-refractivity contribution in [2.24, 2.45) is 7.05 Å². The molecule has 1 aliphatic rings. The lowest BCUT2D eigenvalue weighted by Gasteiger charge is -2.27. The number of aryl methyl sites for hydroxylation is 1. The number of nitrogens with zero attached hydrogens (tertiary/aromatic N) is 4. The van der Waals surface area contributed by atoms with Crippen molar-refractivity contribution in [3.63, 3.8) is 0 Å². The third kappa shape index (κ3) is 2.42. The Bertz CT molecular complexity index is 897. The average Bonchev–Trinajstić information content (AvgIpc) is 2.84. The average molecular weight is 378 g/mol. The van der Waals surface area contributed by atoms with E-state index in [9.17, 15) is 4.39 Å². The summed E-state index contributed by atoms with van der Waals surface area (Å²) >= 11 is 3.44. The summed E-state index contributed by atoms with van der Waals surface area (Å²) in [7, 11) is 1.82. The Hall–Kier alpha value is -2.22. The van der Waals surface area contributed by atoms with Crippen LogP contribution in [-0.4, -0.2) is 26.4 Å². The number of rotatable bonds is 2. The van der Waals surface area contributed by atoms with Crippen molar-refractivity contribution in [3.8, 4) is 5.75 Å². The topological polar surface area (TPSA) is 64.9 Å². The number of benzene rings is 1. The monoisotopic (exact) mass is 377 g/mol. The molecule has 1 aliphatic heterocycles. The van der Waals surface area contributed by atoms with E-state index in [1.54, 1.807) is 10.7 Å². The van der Waals surface area contributed by atoms with Crippen molar-refractivity contribution in [1.82, 2.24) is 19.7 Å². The van der Waals surface area contributed by atoms with Gasteiger partial charge in [0.1, 0.15) is 28.3 Å². The quantitative estimate of drug-likeness (QED) is 0.742. The second kappa shape index (κ2) is 5.45. The smallest absolute Gasteiger partial charge is 0.164 e. The number of anilines is 1. The van der Waals surface area contributed by atoms with Crippen LogP contribution in [0.1, 0.15) is 18.0 Å². The second-order valence-electron chi connectivity index (χ2n) is 5.35. The van der Waals surface area contributed by atoms with E-state index < -0.39 is 0 Å². The maximum Gasteiger partial charge on any atom is 0.164 e. The molecule has 1 unspecified atom stereocenters. The van der Waals surface area contributed by atoms with E-state index in [0.717, 1.165) is 23.0 Å². The number of hydrogen-bond acceptors (Lipinski definition) is 5. The van der Waals surface area contributed by atoms with E-state index in [-0.39, 0.29) is 11.9 Å². The summed E-state index contributed by atoms with van der Waals surface area (Å²) in [6.07, 6.45) is 2.21. The van der Waals surface area contributed by atoms with E-state index in [4.69, 9.17) is 4.74 Å². The molecule has 0 aliphatic carbocycles. The fourth-order valence-corrected chi connectivity index (χ4v) is 3.43. The van der Waals surface area contributed by atoms with Crippen LogP contribution in [0.4, 0.5) is 10.2 Å². The molecule has 1 atom stereocenters. The first kappa shape index (κ1) is 14.4. The molecule has 0 fully saturated rings. The fourth-order valence-electron chi connectivity index (χ4n) is 2.83. The number of ether oxygens (including phenoxy) is 1. The number of fused-ring (bicyclic) bond motifs is 2. The van der Waals surface area contributed by atoms with Crippen LogP contribution in [0.3, 0.4) is 0 Å². The van der Waals surface area contributed by atoms with Crippen LogP contribution >= 0.6 is 15.9 Å². The third-order valence-electron chi connectivity index (χ3n) is 3.90. The molecule has 0 amide bonds. The molecule has 0 spiro atoms. The molecule has 118 valence electrons. The van der Waals surface area contributed by atoms with Gasteiger partial charge in [-0.3, -0.25) is 0 Å². The molecule has 8 heteroatoms. The minimum absolute atomic E-state index is 0.0837.